The zero-order valence-corrected chi connectivity index (χ0v) is 15.9. The second-order valence-electron chi connectivity index (χ2n) is 5.55. The number of anilines is 1. The lowest BCUT2D eigenvalue weighted by Gasteiger charge is -2.25. The van der Waals surface area contributed by atoms with Gasteiger partial charge in [0.1, 0.15) is 0 Å². The summed E-state index contributed by atoms with van der Waals surface area (Å²) in [7, 11) is -4.04. The topological polar surface area (TPSA) is 132 Å². The number of nitro benzene ring substituents is 1. The van der Waals surface area contributed by atoms with Crippen LogP contribution in [0, 0.1) is 10.1 Å². The molecule has 1 N–H and O–H groups in total. The third kappa shape index (κ3) is 3.91. The van der Waals surface area contributed by atoms with Crippen LogP contribution in [0.15, 0.2) is 29.2 Å². The van der Waals surface area contributed by atoms with Crippen molar-refractivity contribution in [3.05, 3.63) is 45.0 Å². The number of nitro groups is 1. The molecule has 0 aliphatic carbocycles. The molecule has 1 aliphatic heterocycles. The molecule has 144 valence electrons. The zero-order chi connectivity index (χ0) is 19.6. The lowest BCUT2D eigenvalue weighted by atomic mass is 10.2. The van der Waals surface area contributed by atoms with Gasteiger partial charge in [-0.2, -0.15) is 4.31 Å². The van der Waals surface area contributed by atoms with Crippen LogP contribution in [0.1, 0.15) is 17.5 Å². The average molecular weight is 412 g/mol. The predicted octanol–water partition coefficient (Wildman–Crippen LogP) is 2.37. The molecule has 1 aromatic carbocycles. The minimum absolute atomic E-state index is 0.0336. The number of carbonyl (C=O) groups is 1. The monoisotopic (exact) mass is 412 g/mol. The van der Waals surface area contributed by atoms with Gasteiger partial charge < -0.3 is 4.74 Å². The van der Waals surface area contributed by atoms with Crippen molar-refractivity contribution in [1.82, 2.24) is 9.29 Å². The van der Waals surface area contributed by atoms with Crippen LogP contribution in [-0.2, 0) is 27.7 Å². The molecule has 0 fully saturated rings. The number of para-hydroxylation sites is 1. The molecule has 2 aromatic rings. The summed E-state index contributed by atoms with van der Waals surface area (Å²) in [6.45, 7) is 2.08. The van der Waals surface area contributed by atoms with Crippen molar-refractivity contribution in [1.29, 1.82) is 0 Å². The van der Waals surface area contributed by atoms with Gasteiger partial charge in [0.05, 0.1) is 23.8 Å². The van der Waals surface area contributed by atoms with E-state index in [1.165, 1.54) is 22.5 Å². The van der Waals surface area contributed by atoms with Crippen LogP contribution in [0.4, 0.5) is 15.6 Å². The van der Waals surface area contributed by atoms with Crippen molar-refractivity contribution in [2.75, 3.05) is 18.5 Å². The van der Waals surface area contributed by atoms with Gasteiger partial charge in [-0.25, -0.2) is 18.2 Å². The summed E-state index contributed by atoms with van der Waals surface area (Å²) < 4.78 is 31.8. The molecular formula is C15H16N4O6S2. The fraction of sp³-hybridized carbons (Fsp3) is 0.333. The lowest BCUT2D eigenvalue weighted by Crippen LogP contribution is -2.35. The predicted molar refractivity (Wildman–Crippen MR) is 97.2 cm³/mol. The number of carbonyl (C=O) groups excluding carboxylic acids is 1. The van der Waals surface area contributed by atoms with E-state index < -0.39 is 26.7 Å². The summed E-state index contributed by atoms with van der Waals surface area (Å²) in [6.07, 6.45) is -0.288. The second-order valence-corrected chi connectivity index (χ2v) is 8.54. The Morgan fingerprint density at radius 1 is 1.44 bits per heavy atom. The van der Waals surface area contributed by atoms with Gasteiger partial charge in [-0.3, -0.25) is 15.4 Å². The molecule has 0 spiro atoms. The number of amides is 1. The van der Waals surface area contributed by atoms with Gasteiger partial charge in [-0.15, -0.1) is 0 Å². The Hall–Kier alpha value is -2.57. The number of rotatable bonds is 5. The molecule has 1 aromatic heterocycles. The number of ether oxygens (including phenoxy) is 1. The molecule has 0 atom stereocenters. The molecule has 0 bridgehead atoms. The summed E-state index contributed by atoms with van der Waals surface area (Å²) in [6, 6.07) is 5.25. The van der Waals surface area contributed by atoms with Crippen molar-refractivity contribution < 1.29 is 22.9 Å². The molecule has 0 saturated heterocycles. The number of nitrogens with one attached hydrogen (secondary N) is 1. The Morgan fingerprint density at radius 2 is 2.19 bits per heavy atom. The van der Waals surface area contributed by atoms with Gasteiger partial charge in [-0.1, -0.05) is 23.5 Å². The third-order valence-electron chi connectivity index (χ3n) is 3.86. The van der Waals surface area contributed by atoms with Gasteiger partial charge >= 0.3 is 6.09 Å². The van der Waals surface area contributed by atoms with E-state index in [1.807, 2.05) is 0 Å². The molecule has 12 heteroatoms. The van der Waals surface area contributed by atoms with Crippen molar-refractivity contribution in [3.63, 3.8) is 0 Å². The van der Waals surface area contributed by atoms with E-state index in [1.54, 1.807) is 6.92 Å². The summed E-state index contributed by atoms with van der Waals surface area (Å²) in [4.78, 5) is 26.6. The van der Waals surface area contributed by atoms with E-state index in [2.05, 4.69) is 10.3 Å². The molecule has 27 heavy (non-hydrogen) atoms. The van der Waals surface area contributed by atoms with Crippen molar-refractivity contribution >= 4 is 38.3 Å². The Morgan fingerprint density at radius 3 is 2.89 bits per heavy atom. The van der Waals surface area contributed by atoms with Crippen LogP contribution >= 0.6 is 11.3 Å². The Bertz CT molecular complexity index is 988. The number of benzene rings is 1. The van der Waals surface area contributed by atoms with Gasteiger partial charge in [-0.05, 0) is 13.0 Å². The highest BCUT2D eigenvalue weighted by atomic mass is 32.2. The largest absolute Gasteiger partial charge is 0.450 e. The Balaban J connectivity index is 1.84. The van der Waals surface area contributed by atoms with Gasteiger partial charge in [0.25, 0.3) is 5.69 Å². The third-order valence-corrected chi connectivity index (χ3v) is 6.75. The molecule has 0 unspecified atom stereocenters. The number of thiazole rings is 1. The molecule has 10 nitrogen and oxygen atoms in total. The van der Waals surface area contributed by atoms with E-state index in [0.717, 1.165) is 17.4 Å². The molecule has 1 amide bonds. The van der Waals surface area contributed by atoms with Gasteiger partial charge in [0.15, 0.2) is 10.0 Å². The fourth-order valence-electron chi connectivity index (χ4n) is 2.65. The minimum atomic E-state index is -4.04. The molecule has 1 aliphatic rings. The Labute approximate surface area is 159 Å². The summed E-state index contributed by atoms with van der Waals surface area (Å²) in [5, 5.41) is 14.0. The van der Waals surface area contributed by atoms with E-state index in [4.69, 9.17) is 4.74 Å². The maximum Gasteiger partial charge on any atom is 0.413 e. The number of sulfonamides is 1. The highest BCUT2D eigenvalue weighted by molar-refractivity contribution is 7.89. The Kier molecular flexibility index (Phi) is 5.39. The first-order valence-corrected chi connectivity index (χ1v) is 10.2. The summed E-state index contributed by atoms with van der Waals surface area (Å²) >= 11 is 1.15. The number of aromatic nitrogens is 1. The van der Waals surface area contributed by atoms with Gasteiger partial charge in [0.2, 0.25) is 10.0 Å². The smallest absolute Gasteiger partial charge is 0.413 e. The first kappa shape index (κ1) is 19.2. The van der Waals surface area contributed by atoms with Crippen LogP contribution in [0.5, 0.6) is 0 Å². The zero-order valence-electron chi connectivity index (χ0n) is 14.2. The number of nitrogens with zero attached hydrogens (tertiary/aromatic N) is 3. The van der Waals surface area contributed by atoms with Crippen molar-refractivity contribution in [2.24, 2.45) is 0 Å². The number of hydrogen-bond donors (Lipinski definition) is 1. The first-order valence-electron chi connectivity index (χ1n) is 7.99. The highest BCUT2D eigenvalue weighted by Gasteiger charge is 2.34. The molecule has 2 heterocycles. The lowest BCUT2D eigenvalue weighted by molar-refractivity contribution is -0.387. The maximum atomic E-state index is 12.9. The van der Waals surface area contributed by atoms with E-state index >= 15 is 0 Å². The van der Waals surface area contributed by atoms with Crippen LogP contribution in [0.3, 0.4) is 0 Å². The van der Waals surface area contributed by atoms with Crippen LogP contribution in [-0.4, -0.2) is 41.9 Å². The van der Waals surface area contributed by atoms with Crippen molar-refractivity contribution in [2.45, 2.75) is 24.8 Å². The maximum absolute atomic E-state index is 12.9. The SMILES string of the molecule is CCOC(=O)Nc1nc2c(s1)CN(S(=O)(=O)c1ccccc1[N+](=O)[O-])CC2. The van der Waals surface area contributed by atoms with E-state index in [-0.39, 0.29) is 24.6 Å². The molecule has 0 saturated carbocycles. The van der Waals surface area contributed by atoms with Crippen molar-refractivity contribution in [3.8, 4) is 0 Å². The summed E-state index contributed by atoms with van der Waals surface area (Å²) in [5.41, 5.74) is 0.234. The molecule has 3 rings (SSSR count). The van der Waals surface area contributed by atoms with Crippen LogP contribution in [0.25, 0.3) is 0 Å². The minimum Gasteiger partial charge on any atom is -0.450 e. The number of fused-ring (bicyclic) bond motifs is 1. The second kappa shape index (κ2) is 7.58. The quantitative estimate of drug-likeness (QED) is 0.589. The van der Waals surface area contributed by atoms with Gasteiger partial charge in [0, 0.05) is 23.9 Å². The van der Waals surface area contributed by atoms with E-state index in [0.29, 0.717) is 22.1 Å². The number of hydrogen-bond acceptors (Lipinski definition) is 8. The fourth-order valence-corrected chi connectivity index (χ4v) is 5.31. The molecular weight excluding hydrogens is 396 g/mol. The average Bonchev–Trinajstić information content (AvgIpc) is 3.03. The first-order chi connectivity index (χ1) is 12.8. The summed E-state index contributed by atoms with van der Waals surface area (Å²) in [5.74, 6) is 0. The highest BCUT2D eigenvalue weighted by Crippen LogP contribution is 2.33. The van der Waals surface area contributed by atoms with Crippen LogP contribution < -0.4 is 5.32 Å². The normalized spacial score (nSPS) is 14.4. The van der Waals surface area contributed by atoms with E-state index in [9.17, 15) is 23.3 Å². The standard InChI is InChI=1S/C15H16N4O6S2/c1-2-25-15(20)17-14-16-10-7-8-18(9-12(10)26-14)27(23,24)13-6-4-3-5-11(13)19(21)22/h3-6H,2,7-9H2,1H3,(H,16,17,20). The molecule has 0 radical (unpaired) electrons. The van der Waals surface area contributed by atoms with Crippen LogP contribution in [0.2, 0.25) is 0 Å².